The minimum atomic E-state index is 0.547. The quantitative estimate of drug-likeness (QED) is 0.792. The van der Waals surface area contributed by atoms with Crippen LogP contribution < -0.4 is 0 Å². The van der Waals surface area contributed by atoms with Gasteiger partial charge in [-0.15, -0.1) is 0 Å². The van der Waals surface area contributed by atoms with Crippen molar-refractivity contribution in [3.63, 3.8) is 0 Å². The summed E-state index contributed by atoms with van der Waals surface area (Å²) in [6, 6.07) is 4.88. The standard InChI is InChI=1S/C15H24N2/c1-12(2)11-17-9-5-4-6-15(17)14-10-13(3)7-8-16-14/h7-8,10,12,15H,4-6,9,11H2,1-3H3/t15-/m0/s1. The lowest BCUT2D eigenvalue weighted by atomic mass is 9.97. The third-order valence-electron chi connectivity index (χ3n) is 3.49. The van der Waals surface area contributed by atoms with Crippen molar-refractivity contribution in [3.05, 3.63) is 29.6 Å². The van der Waals surface area contributed by atoms with Crippen LogP contribution in [-0.4, -0.2) is 23.0 Å². The lowest BCUT2D eigenvalue weighted by Crippen LogP contribution is -2.36. The van der Waals surface area contributed by atoms with Crippen molar-refractivity contribution < 1.29 is 0 Å². The highest BCUT2D eigenvalue weighted by Crippen LogP contribution is 2.30. The molecule has 1 saturated heterocycles. The van der Waals surface area contributed by atoms with E-state index in [0.717, 1.165) is 5.92 Å². The Balaban J connectivity index is 2.15. The van der Waals surface area contributed by atoms with Crippen LogP contribution in [0.1, 0.15) is 50.4 Å². The molecule has 2 rings (SSSR count). The zero-order chi connectivity index (χ0) is 12.3. The van der Waals surface area contributed by atoms with Crippen molar-refractivity contribution >= 4 is 0 Å². The summed E-state index contributed by atoms with van der Waals surface area (Å²) in [5, 5.41) is 0. The van der Waals surface area contributed by atoms with Gasteiger partial charge in [0.2, 0.25) is 0 Å². The van der Waals surface area contributed by atoms with Gasteiger partial charge in [0, 0.05) is 12.7 Å². The summed E-state index contributed by atoms with van der Waals surface area (Å²) in [6.07, 6.45) is 5.90. The highest BCUT2D eigenvalue weighted by Gasteiger charge is 2.25. The number of aryl methyl sites for hydroxylation is 1. The molecule has 2 heterocycles. The van der Waals surface area contributed by atoms with E-state index in [9.17, 15) is 0 Å². The highest BCUT2D eigenvalue weighted by atomic mass is 15.2. The number of likely N-dealkylation sites (tertiary alicyclic amines) is 1. The minimum Gasteiger partial charge on any atom is -0.295 e. The summed E-state index contributed by atoms with van der Waals surface area (Å²) < 4.78 is 0. The maximum Gasteiger partial charge on any atom is 0.0578 e. The van der Waals surface area contributed by atoms with Crippen molar-refractivity contribution in [2.75, 3.05) is 13.1 Å². The number of piperidine rings is 1. The Hall–Kier alpha value is -0.890. The number of aromatic nitrogens is 1. The molecule has 1 aliphatic rings. The molecule has 0 spiro atoms. The third-order valence-corrected chi connectivity index (χ3v) is 3.49. The second-order valence-corrected chi connectivity index (χ2v) is 5.66. The van der Waals surface area contributed by atoms with E-state index in [-0.39, 0.29) is 0 Å². The smallest absolute Gasteiger partial charge is 0.0578 e. The summed E-state index contributed by atoms with van der Waals surface area (Å²) in [5.74, 6) is 0.736. The molecule has 0 amide bonds. The number of pyridine rings is 1. The molecule has 0 radical (unpaired) electrons. The highest BCUT2D eigenvalue weighted by molar-refractivity contribution is 5.17. The molecule has 17 heavy (non-hydrogen) atoms. The van der Waals surface area contributed by atoms with Crippen LogP contribution in [0, 0.1) is 12.8 Å². The molecule has 1 aliphatic heterocycles. The molecule has 2 nitrogen and oxygen atoms in total. The molecular formula is C15H24N2. The van der Waals surface area contributed by atoms with Gasteiger partial charge in [-0.25, -0.2) is 0 Å². The second-order valence-electron chi connectivity index (χ2n) is 5.66. The van der Waals surface area contributed by atoms with Crippen LogP contribution in [0.3, 0.4) is 0 Å². The Bertz CT molecular complexity index is 360. The summed E-state index contributed by atoms with van der Waals surface area (Å²) in [4.78, 5) is 7.20. The number of rotatable bonds is 3. The average molecular weight is 232 g/mol. The summed E-state index contributed by atoms with van der Waals surface area (Å²) >= 11 is 0. The van der Waals surface area contributed by atoms with E-state index in [4.69, 9.17) is 0 Å². The molecule has 1 atom stereocenters. The van der Waals surface area contributed by atoms with E-state index in [1.54, 1.807) is 0 Å². The Morgan fingerprint density at radius 1 is 1.41 bits per heavy atom. The summed E-state index contributed by atoms with van der Waals surface area (Å²) in [5.41, 5.74) is 2.59. The first-order chi connectivity index (χ1) is 8.16. The molecule has 0 aliphatic carbocycles. The van der Waals surface area contributed by atoms with Crippen LogP contribution in [0.2, 0.25) is 0 Å². The number of nitrogens with zero attached hydrogens (tertiary/aromatic N) is 2. The average Bonchev–Trinajstić information content (AvgIpc) is 2.29. The fraction of sp³-hybridized carbons (Fsp3) is 0.667. The second kappa shape index (κ2) is 5.63. The van der Waals surface area contributed by atoms with Crippen molar-refractivity contribution in [1.29, 1.82) is 0 Å². The molecule has 0 unspecified atom stereocenters. The van der Waals surface area contributed by atoms with Gasteiger partial charge in [0.05, 0.1) is 11.7 Å². The largest absolute Gasteiger partial charge is 0.295 e. The van der Waals surface area contributed by atoms with Crippen LogP contribution in [0.25, 0.3) is 0 Å². The van der Waals surface area contributed by atoms with Gasteiger partial charge in [0.15, 0.2) is 0 Å². The first-order valence-corrected chi connectivity index (χ1v) is 6.83. The van der Waals surface area contributed by atoms with E-state index in [0.29, 0.717) is 6.04 Å². The predicted molar refractivity (Wildman–Crippen MR) is 72.0 cm³/mol. The number of hydrogen-bond donors (Lipinski definition) is 0. The fourth-order valence-corrected chi connectivity index (χ4v) is 2.76. The normalized spacial score (nSPS) is 22.0. The van der Waals surface area contributed by atoms with Crippen molar-refractivity contribution in [2.45, 2.75) is 46.1 Å². The maximum absolute atomic E-state index is 4.58. The van der Waals surface area contributed by atoms with Crippen LogP contribution in [0.15, 0.2) is 18.3 Å². The molecule has 0 N–H and O–H groups in total. The van der Waals surface area contributed by atoms with Crippen LogP contribution in [0.4, 0.5) is 0 Å². The lowest BCUT2D eigenvalue weighted by molar-refractivity contribution is 0.129. The Kier molecular flexibility index (Phi) is 4.16. The SMILES string of the molecule is Cc1ccnc([C@@H]2CCCCN2CC(C)C)c1. The topological polar surface area (TPSA) is 16.1 Å². The molecule has 1 aromatic rings. The van der Waals surface area contributed by atoms with Crippen LogP contribution >= 0.6 is 0 Å². The molecule has 0 aromatic carbocycles. The molecular weight excluding hydrogens is 208 g/mol. The lowest BCUT2D eigenvalue weighted by Gasteiger charge is -2.36. The van der Waals surface area contributed by atoms with E-state index >= 15 is 0 Å². The van der Waals surface area contributed by atoms with Gasteiger partial charge in [-0.1, -0.05) is 20.3 Å². The molecule has 94 valence electrons. The summed E-state index contributed by atoms with van der Waals surface area (Å²) in [7, 11) is 0. The van der Waals surface area contributed by atoms with E-state index in [1.807, 2.05) is 6.20 Å². The van der Waals surface area contributed by atoms with E-state index < -0.39 is 0 Å². The van der Waals surface area contributed by atoms with Gasteiger partial charge < -0.3 is 0 Å². The predicted octanol–water partition coefficient (Wildman–Crippen LogP) is 3.57. The van der Waals surface area contributed by atoms with Gasteiger partial charge in [0.25, 0.3) is 0 Å². The molecule has 0 saturated carbocycles. The number of hydrogen-bond acceptors (Lipinski definition) is 2. The van der Waals surface area contributed by atoms with Crippen LogP contribution in [-0.2, 0) is 0 Å². The monoisotopic (exact) mass is 232 g/mol. The molecule has 0 bridgehead atoms. The van der Waals surface area contributed by atoms with E-state index in [2.05, 4.69) is 42.8 Å². The minimum absolute atomic E-state index is 0.547. The van der Waals surface area contributed by atoms with Gasteiger partial charge in [-0.2, -0.15) is 0 Å². The van der Waals surface area contributed by atoms with Gasteiger partial charge >= 0.3 is 0 Å². The van der Waals surface area contributed by atoms with Crippen molar-refractivity contribution in [2.24, 2.45) is 5.92 Å². The van der Waals surface area contributed by atoms with Crippen molar-refractivity contribution in [1.82, 2.24) is 9.88 Å². The Morgan fingerprint density at radius 2 is 2.24 bits per heavy atom. The summed E-state index contributed by atoms with van der Waals surface area (Å²) in [6.45, 7) is 9.18. The first kappa shape index (κ1) is 12.6. The van der Waals surface area contributed by atoms with Gasteiger partial charge in [-0.05, 0) is 49.9 Å². The first-order valence-electron chi connectivity index (χ1n) is 6.83. The maximum atomic E-state index is 4.58. The van der Waals surface area contributed by atoms with Gasteiger partial charge in [0.1, 0.15) is 0 Å². The molecule has 1 aromatic heterocycles. The van der Waals surface area contributed by atoms with E-state index in [1.165, 1.54) is 43.6 Å². The third kappa shape index (κ3) is 3.29. The van der Waals surface area contributed by atoms with Gasteiger partial charge in [-0.3, -0.25) is 9.88 Å². The molecule has 2 heteroatoms. The Morgan fingerprint density at radius 3 is 2.94 bits per heavy atom. The Labute approximate surface area is 105 Å². The molecule has 1 fully saturated rings. The van der Waals surface area contributed by atoms with Crippen LogP contribution in [0.5, 0.6) is 0 Å². The fourth-order valence-electron chi connectivity index (χ4n) is 2.76. The van der Waals surface area contributed by atoms with Crippen molar-refractivity contribution in [3.8, 4) is 0 Å². The zero-order valence-electron chi connectivity index (χ0n) is 11.3. The zero-order valence-corrected chi connectivity index (χ0v) is 11.3.